The van der Waals surface area contributed by atoms with Gasteiger partial charge in [0.2, 0.25) is 0 Å². The molecular weight excluding hydrogens is 222 g/mol. The molecule has 3 rings (SSSR count). The molecule has 0 saturated heterocycles. The molecule has 1 aliphatic rings. The highest BCUT2D eigenvalue weighted by Crippen LogP contribution is 2.31. The zero-order valence-corrected chi connectivity index (χ0v) is 10.1. The number of benzene rings is 2. The molecule has 0 fully saturated rings. The minimum absolute atomic E-state index is 0.122. The summed E-state index contributed by atoms with van der Waals surface area (Å²) >= 11 is 0. The highest BCUT2D eigenvalue weighted by atomic mass is 16.1. The summed E-state index contributed by atoms with van der Waals surface area (Å²) in [4.78, 5) is 12.5. The Morgan fingerprint density at radius 3 is 2.44 bits per heavy atom. The van der Waals surface area contributed by atoms with Crippen molar-refractivity contribution in [3.63, 3.8) is 0 Å². The SMILES string of the molecule is NC[C@@H]1Cc2ccccc2C(=O)c2ccccc21. The van der Waals surface area contributed by atoms with Gasteiger partial charge in [0, 0.05) is 17.0 Å². The van der Waals surface area contributed by atoms with E-state index in [4.69, 9.17) is 5.73 Å². The standard InChI is InChI=1S/C16H15NO/c17-10-12-9-11-5-1-2-7-14(11)16(18)15-8-4-3-6-13(12)15/h1-8,12H,9-10,17H2/t12-/m0/s1. The zero-order valence-electron chi connectivity index (χ0n) is 10.1. The quantitative estimate of drug-likeness (QED) is 0.828. The molecule has 0 amide bonds. The number of ketones is 1. The van der Waals surface area contributed by atoms with E-state index in [0.717, 1.165) is 28.7 Å². The van der Waals surface area contributed by atoms with Crippen LogP contribution >= 0.6 is 0 Å². The lowest BCUT2D eigenvalue weighted by molar-refractivity contribution is 0.103. The van der Waals surface area contributed by atoms with Crippen molar-refractivity contribution in [1.29, 1.82) is 0 Å². The Morgan fingerprint density at radius 2 is 1.67 bits per heavy atom. The summed E-state index contributed by atoms with van der Waals surface area (Å²) < 4.78 is 0. The van der Waals surface area contributed by atoms with Crippen molar-refractivity contribution in [3.05, 3.63) is 70.8 Å². The fourth-order valence-electron chi connectivity index (χ4n) is 2.71. The van der Waals surface area contributed by atoms with Gasteiger partial charge >= 0.3 is 0 Å². The Bertz CT molecular complexity index is 604. The summed E-state index contributed by atoms with van der Waals surface area (Å²) in [5.74, 6) is 0.353. The molecule has 90 valence electrons. The number of rotatable bonds is 1. The first-order chi connectivity index (χ1) is 8.81. The predicted octanol–water partition coefficient (Wildman–Crippen LogP) is 2.52. The van der Waals surface area contributed by atoms with Crippen LogP contribution in [0.3, 0.4) is 0 Å². The third-order valence-corrected chi connectivity index (χ3v) is 3.66. The topological polar surface area (TPSA) is 43.1 Å². The lowest BCUT2D eigenvalue weighted by Crippen LogP contribution is -2.15. The van der Waals surface area contributed by atoms with Crippen LogP contribution in [0.25, 0.3) is 0 Å². The number of nitrogens with two attached hydrogens (primary N) is 1. The van der Waals surface area contributed by atoms with Crippen LogP contribution in [0.5, 0.6) is 0 Å². The third kappa shape index (κ3) is 1.66. The molecule has 0 unspecified atom stereocenters. The van der Waals surface area contributed by atoms with E-state index in [2.05, 4.69) is 0 Å². The molecule has 2 nitrogen and oxygen atoms in total. The van der Waals surface area contributed by atoms with Crippen LogP contribution in [0.4, 0.5) is 0 Å². The molecule has 2 N–H and O–H groups in total. The van der Waals surface area contributed by atoms with E-state index in [1.165, 1.54) is 0 Å². The van der Waals surface area contributed by atoms with Gasteiger partial charge in [-0.15, -0.1) is 0 Å². The van der Waals surface area contributed by atoms with E-state index in [0.29, 0.717) is 6.54 Å². The molecule has 2 aromatic carbocycles. The molecule has 0 saturated carbocycles. The van der Waals surface area contributed by atoms with Crippen molar-refractivity contribution in [2.24, 2.45) is 5.73 Å². The predicted molar refractivity (Wildman–Crippen MR) is 71.8 cm³/mol. The number of carbonyl (C=O) groups excluding carboxylic acids is 1. The molecular formula is C16H15NO. The van der Waals surface area contributed by atoms with Crippen LogP contribution in [0.1, 0.15) is 33.0 Å². The van der Waals surface area contributed by atoms with Gasteiger partial charge in [-0.3, -0.25) is 4.79 Å². The Balaban J connectivity index is 2.24. The van der Waals surface area contributed by atoms with Crippen LogP contribution in [0.15, 0.2) is 48.5 Å². The summed E-state index contributed by atoms with van der Waals surface area (Å²) in [6, 6.07) is 15.7. The molecule has 0 bridgehead atoms. The second-order valence-electron chi connectivity index (χ2n) is 4.71. The van der Waals surface area contributed by atoms with E-state index in [1.54, 1.807) is 0 Å². The van der Waals surface area contributed by atoms with Crippen LogP contribution in [0, 0.1) is 0 Å². The zero-order chi connectivity index (χ0) is 12.5. The van der Waals surface area contributed by atoms with Gasteiger partial charge in [0.05, 0.1) is 0 Å². The van der Waals surface area contributed by atoms with E-state index < -0.39 is 0 Å². The Kier molecular flexibility index (Phi) is 2.73. The largest absolute Gasteiger partial charge is 0.330 e. The van der Waals surface area contributed by atoms with Crippen LogP contribution < -0.4 is 5.73 Å². The Labute approximate surface area is 106 Å². The molecule has 2 heteroatoms. The van der Waals surface area contributed by atoms with Gasteiger partial charge in [-0.2, -0.15) is 0 Å². The number of carbonyl (C=O) groups is 1. The lowest BCUT2D eigenvalue weighted by atomic mass is 9.91. The summed E-state index contributed by atoms with van der Waals surface area (Å²) in [7, 11) is 0. The molecule has 0 radical (unpaired) electrons. The summed E-state index contributed by atoms with van der Waals surface area (Å²) in [5, 5.41) is 0. The molecule has 18 heavy (non-hydrogen) atoms. The third-order valence-electron chi connectivity index (χ3n) is 3.66. The van der Waals surface area contributed by atoms with Crippen molar-refractivity contribution in [2.75, 3.05) is 6.54 Å². The highest BCUT2D eigenvalue weighted by Gasteiger charge is 2.25. The number of hydrogen-bond acceptors (Lipinski definition) is 2. The Hall–Kier alpha value is -1.93. The minimum Gasteiger partial charge on any atom is -0.330 e. The monoisotopic (exact) mass is 237 g/mol. The molecule has 1 aliphatic carbocycles. The fourth-order valence-corrected chi connectivity index (χ4v) is 2.71. The van der Waals surface area contributed by atoms with Crippen LogP contribution in [-0.4, -0.2) is 12.3 Å². The van der Waals surface area contributed by atoms with E-state index >= 15 is 0 Å². The van der Waals surface area contributed by atoms with Crippen LogP contribution in [0.2, 0.25) is 0 Å². The highest BCUT2D eigenvalue weighted by molar-refractivity contribution is 6.11. The molecule has 0 aromatic heterocycles. The van der Waals surface area contributed by atoms with Gasteiger partial charge in [0.25, 0.3) is 0 Å². The van der Waals surface area contributed by atoms with Gasteiger partial charge in [-0.05, 0) is 24.1 Å². The molecule has 0 aliphatic heterocycles. The fraction of sp³-hybridized carbons (Fsp3) is 0.188. The van der Waals surface area contributed by atoms with Crippen molar-refractivity contribution in [2.45, 2.75) is 12.3 Å². The second-order valence-corrected chi connectivity index (χ2v) is 4.71. The molecule has 0 heterocycles. The number of fused-ring (bicyclic) bond motifs is 2. The first kappa shape index (κ1) is 11.2. The van der Waals surface area contributed by atoms with Gasteiger partial charge in [0.1, 0.15) is 0 Å². The first-order valence-electron chi connectivity index (χ1n) is 6.23. The first-order valence-corrected chi connectivity index (χ1v) is 6.23. The molecule has 2 aromatic rings. The smallest absolute Gasteiger partial charge is 0.193 e. The molecule has 1 atom stereocenters. The van der Waals surface area contributed by atoms with Gasteiger partial charge < -0.3 is 5.73 Å². The van der Waals surface area contributed by atoms with E-state index in [9.17, 15) is 4.79 Å². The number of hydrogen-bond donors (Lipinski definition) is 1. The minimum atomic E-state index is 0.122. The van der Waals surface area contributed by atoms with Gasteiger partial charge in [-0.25, -0.2) is 0 Å². The maximum Gasteiger partial charge on any atom is 0.193 e. The average molecular weight is 237 g/mol. The summed E-state index contributed by atoms with van der Waals surface area (Å²) in [6.07, 6.45) is 0.843. The normalized spacial score (nSPS) is 17.8. The van der Waals surface area contributed by atoms with Gasteiger partial charge in [0.15, 0.2) is 5.78 Å². The second kappa shape index (κ2) is 4.39. The van der Waals surface area contributed by atoms with Crippen LogP contribution in [-0.2, 0) is 6.42 Å². The van der Waals surface area contributed by atoms with E-state index in [-0.39, 0.29) is 11.7 Å². The summed E-state index contributed by atoms with van der Waals surface area (Å²) in [6.45, 7) is 0.568. The van der Waals surface area contributed by atoms with Gasteiger partial charge in [-0.1, -0.05) is 48.5 Å². The maximum absolute atomic E-state index is 12.5. The van der Waals surface area contributed by atoms with Crippen molar-refractivity contribution >= 4 is 5.78 Å². The Morgan fingerprint density at radius 1 is 1.00 bits per heavy atom. The molecule has 0 spiro atoms. The average Bonchev–Trinajstić information content (AvgIpc) is 2.55. The summed E-state index contributed by atoms with van der Waals surface area (Å²) in [5.41, 5.74) is 9.69. The van der Waals surface area contributed by atoms with Crippen molar-refractivity contribution < 1.29 is 4.79 Å². The van der Waals surface area contributed by atoms with Crippen molar-refractivity contribution in [1.82, 2.24) is 0 Å². The van der Waals surface area contributed by atoms with E-state index in [1.807, 2.05) is 48.5 Å². The lowest BCUT2D eigenvalue weighted by Gasteiger charge is -2.14. The van der Waals surface area contributed by atoms with Crippen molar-refractivity contribution in [3.8, 4) is 0 Å². The maximum atomic E-state index is 12.5.